The van der Waals surface area contributed by atoms with Gasteiger partial charge in [-0.1, -0.05) is 6.07 Å². The molecule has 1 unspecified atom stereocenters. The predicted octanol–water partition coefficient (Wildman–Crippen LogP) is 3.32. The van der Waals surface area contributed by atoms with Gasteiger partial charge in [-0.2, -0.15) is 0 Å². The fraction of sp³-hybridized carbons (Fsp3) is 0.188. The van der Waals surface area contributed by atoms with E-state index < -0.39 is 6.04 Å². The highest BCUT2D eigenvalue weighted by Gasteiger charge is 2.19. The summed E-state index contributed by atoms with van der Waals surface area (Å²) in [6.07, 6.45) is 0.512. The van der Waals surface area contributed by atoms with Crippen LogP contribution in [0.5, 0.6) is 17.2 Å². The maximum atomic E-state index is 11.5. The first kappa shape index (κ1) is 20.0. The summed E-state index contributed by atoms with van der Waals surface area (Å²) in [7, 11) is 1.36. The number of phenolic OH excluding ortho intramolecular Hbond substituents is 1. The summed E-state index contributed by atoms with van der Waals surface area (Å²) in [5.41, 5.74) is 4.81. The number of phenols is 1. The summed E-state index contributed by atoms with van der Waals surface area (Å²) in [5, 5.41) is 9.82. The predicted molar refractivity (Wildman–Crippen MR) is 115 cm³/mol. The van der Waals surface area contributed by atoms with Crippen molar-refractivity contribution in [3.05, 3.63) is 46.6 Å². The standard InChI is InChI=1S/C16H14I3NO4/c1-23-16(22)13(20)5-8-2-3-14(10(17)4-8)24-9-6-11(18)15(21)12(19)7-9/h2-4,6-7,13,21H,5,20H2,1H3/p+1. The first-order valence-corrected chi connectivity index (χ1v) is 10.1. The van der Waals surface area contributed by atoms with Gasteiger partial charge in [0.1, 0.15) is 17.2 Å². The van der Waals surface area contributed by atoms with E-state index in [1.807, 2.05) is 18.2 Å². The summed E-state index contributed by atoms with van der Waals surface area (Å²) in [6.45, 7) is 0. The lowest BCUT2D eigenvalue weighted by atomic mass is 10.1. The Kier molecular flexibility index (Phi) is 7.37. The van der Waals surface area contributed by atoms with Crippen LogP contribution in [0.15, 0.2) is 30.3 Å². The summed E-state index contributed by atoms with van der Waals surface area (Å²) in [6, 6.07) is 8.88. The van der Waals surface area contributed by atoms with E-state index in [0.29, 0.717) is 12.2 Å². The van der Waals surface area contributed by atoms with Gasteiger partial charge in [-0.25, -0.2) is 4.79 Å². The highest BCUT2D eigenvalue weighted by atomic mass is 127. The number of carbonyl (C=O) groups excluding carboxylic acids is 1. The quantitative estimate of drug-likeness (QED) is 0.380. The number of aromatic hydroxyl groups is 1. The molecule has 0 aliphatic rings. The molecule has 1 atom stereocenters. The van der Waals surface area contributed by atoms with Gasteiger partial charge >= 0.3 is 5.97 Å². The minimum absolute atomic E-state index is 0.262. The van der Waals surface area contributed by atoms with Crippen LogP contribution >= 0.6 is 67.8 Å². The molecule has 4 N–H and O–H groups in total. The third-order valence-electron chi connectivity index (χ3n) is 3.23. The van der Waals surface area contributed by atoms with Gasteiger partial charge in [-0.15, -0.1) is 0 Å². The van der Waals surface area contributed by atoms with Gasteiger partial charge in [0, 0.05) is 6.42 Å². The molecule has 0 aliphatic carbocycles. The van der Waals surface area contributed by atoms with E-state index in [9.17, 15) is 9.90 Å². The number of ether oxygens (including phenoxy) is 2. The Morgan fingerprint density at radius 1 is 1.17 bits per heavy atom. The smallest absolute Gasteiger partial charge is 0.364 e. The van der Waals surface area contributed by atoms with Crippen molar-refractivity contribution in [3.63, 3.8) is 0 Å². The molecule has 0 aromatic heterocycles. The largest absolute Gasteiger partial charge is 0.506 e. The van der Waals surface area contributed by atoms with Gasteiger partial charge in [0.05, 0.1) is 17.8 Å². The molecular formula is C16H15I3NO4+. The monoisotopic (exact) mass is 666 g/mol. The van der Waals surface area contributed by atoms with E-state index in [1.54, 1.807) is 12.1 Å². The summed E-state index contributed by atoms with van der Waals surface area (Å²) < 4.78 is 13.0. The van der Waals surface area contributed by atoms with Crippen LogP contribution in [0.2, 0.25) is 0 Å². The van der Waals surface area contributed by atoms with Crippen LogP contribution in [0.25, 0.3) is 0 Å². The Morgan fingerprint density at radius 3 is 2.33 bits per heavy atom. The Balaban J connectivity index is 2.17. The lowest BCUT2D eigenvalue weighted by molar-refractivity contribution is -0.407. The number of quaternary nitrogens is 1. The molecule has 2 aromatic carbocycles. The number of halogens is 3. The lowest BCUT2D eigenvalue weighted by Gasteiger charge is -2.12. The maximum absolute atomic E-state index is 11.5. The van der Waals surface area contributed by atoms with Gasteiger partial charge in [-0.3, -0.25) is 0 Å². The fourth-order valence-electron chi connectivity index (χ4n) is 2.02. The molecule has 0 spiro atoms. The van der Waals surface area contributed by atoms with Gasteiger partial charge in [-0.05, 0) is 97.6 Å². The van der Waals surface area contributed by atoms with Crippen LogP contribution in [0.3, 0.4) is 0 Å². The van der Waals surface area contributed by atoms with Crippen LogP contribution in [0.4, 0.5) is 0 Å². The van der Waals surface area contributed by atoms with Crippen molar-refractivity contribution in [2.75, 3.05) is 7.11 Å². The van der Waals surface area contributed by atoms with Gasteiger partial charge < -0.3 is 20.3 Å². The Morgan fingerprint density at radius 2 is 1.79 bits per heavy atom. The zero-order valence-electron chi connectivity index (χ0n) is 12.7. The Labute approximate surface area is 180 Å². The minimum Gasteiger partial charge on any atom is -0.506 e. The van der Waals surface area contributed by atoms with Crippen LogP contribution in [-0.4, -0.2) is 24.2 Å². The number of hydrogen-bond donors (Lipinski definition) is 2. The van der Waals surface area contributed by atoms with Crippen molar-refractivity contribution in [2.24, 2.45) is 0 Å². The summed E-state index contributed by atoms with van der Waals surface area (Å²) in [5.74, 6) is 1.32. The van der Waals surface area contributed by atoms with Gasteiger partial charge in [0.25, 0.3) is 0 Å². The number of hydrogen-bond acceptors (Lipinski definition) is 4. The topological polar surface area (TPSA) is 83.4 Å². The average Bonchev–Trinajstić information content (AvgIpc) is 2.54. The molecule has 0 amide bonds. The number of rotatable bonds is 5. The minimum atomic E-state index is -0.433. The Hall–Kier alpha value is -0.340. The van der Waals surface area contributed by atoms with E-state index >= 15 is 0 Å². The van der Waals surface area contributed by atoms with Gasteiger partial charge in [0.2, 0.25) is 0 Å². The normalized spacial score (nSPS) is 11.9. The SMILES string of the molecule is COC(=O)C([NH3+])Cc1ccc(Oc2cc(I)c(O)c(I)c2)c(I)c1. The van der Waals surface area contributed by atoms with Crippen molar-refractivity contribution < 1.29 is 25.1 Å². The van der Waals surface area contributed by atoms with E-state index in [1.165, 1.54) is 7.11 Å². The molecule has 0 saturated carbocycles. The van der Waals surface area contributed by atoms with E-state index in [2.05, 4.69) is 73.5 Å². The lowest BCUT2D eigenvalue weighted by Crippen LogP contribution is -2.66. The van der Waals surface area contributed by atoms with Crippen molar-refractivity contribution in [1.82, 2.24) is 0 Å². The molecule has 8 heteroatoms. The first-order chi connectivity index (χ1) is 11.3. The average molecular weight is 666 g/mol. The molecule has 128 valence electrons. The van der Waals surface area contributed by atoms with Crippen molar-refractivity contribution >= 4 is 73.7 Å². The van der Waals surface area contributed by atoms with Crippen molar-refractivity contribution in [1.29, 1.82) is 0 Å². The third kappa shape index (κ3) is 5.08. The first-order valence-electron chi connectivity index (χ1n) is 6.87. The highest BCUT2D eigenvalue weighted by molar-refractivity contribution is 14.1. The molecule has 0 bridgehead atoms. The number of carbonyl (C=O) groups is 1. The summed E-state index contributed by atoms with van der Waals surface area (Å²) >= 11 is 6.33. The van der Waals surface area contributed by atoms with Crippen molar-refractivity contribution in [3.8, 4) is 17.2 Å². The van der Waals surface area contributed by atoms with Crippen LogP contribution in [-0.2, 0) is 16.0 Å². The molecule has 0 radical (unpaired) electrons. The third-order valence-corrected chi connectivity index (χ3v) is 5.72. The molecule has 2 aromatic rings. The van der Waals surface area contributed by atoms with Crippen molar-refractivity contribution in [2.45, 2.75) is 12.5 Å². The Bertz CT molecular complexity index is 744. The van der Waals surface area contributed by atoms with Crippen LogP contribution < -0.4 is 10.5 Å². The molecule has 5 nitrogen and oxygen atoms in total. The molecule has 0 saturated heterocycles. The van der Waals surface area contributed by atoms with Crippen LogP contribution in [0, 0.1) is 10.7 Å². The van der Waals surface area contributed by atoms with E-state index in [-0.39, 0.29) is 11.7 Å². The molecule has 24 heavy (non-hydrogen) atoms. The second-order valence-electron chi connectivity index (χ2n) is 5.03. The molecule has 0 aliphatic heterocycles. The zero-order chi connectivity index (χ0) is 17.9. The van der Waals surface area contributed by atoms with Gasteiger partial charge in [0.15, 0.2) is 6.04 Å². The highest BCUT2D eigenvalue weighted by Crippen LogP contribution is 2.34. The van der Waals surface area contributed by atoms with Crippen LogP contribution in [0.1, 0.15) is 5.56 Å². The molecular weight excluding hydrogens is 651 g/mol. The molecule has 0 fully saturated rings. The second kappa shape index (κ2) is 8.85. The summed E-state index contributed by atoms with van der Waals surface area (Å²) in [4.78, 5) is 11.5. The zero-order valence-corrected chi connectivity index (χ0v) is 19.2. The number of benzene rings is 2. The fourth-order valence-corrected chi connectivity index (χ4v) is 4.42. The number of esters is 1. The van der Waals surface area contributed by atoms with E-state index in [4.69, 9.17) is 9.47 Å². The second-order valence-corrected chi connectivity index (χ2v) is 8.51. The maximum Gasteiger partial charge on any atom is 0.364 e. The number of methoxy groups -OCH3 is 1. The van der Waals surface area contributed by atoms with E-state index in [0.717, 1.165) is 22.0 Å². The molecule has 0 heterocycles. The molecule has 2 rings (SSSR count).